The van der Waals surface area contributed by atoms with E-state index in [-0.39, 0.29) is 11.3 Å². The maximum Gasteiger partial charge on any atom is 0.342 e. The van der Waals surface area contributed by atoms with Gasteiger partial charge in [-0.25, -0.2) is 9.18 Å². The number of nitrogens with one attached hydrogen (secondary N) is 1. The van der Waals surface area contributed by atoms with E-state index in [0.717, 1.165) is 0 Å². The van der Waals surface area contributed by atoms with E-state index in [4.69, 9.17) is 14.2 Å². The van der Waals surface area contributed by atoms with Crippen LogP contribution < -0.4 is 14.8 Å². The first-order valence-electron chi connectivity index (χ1n) is 7.39. The van der Waals surface area contributed by atoms with Gasteiger partial charge < -0.3 is 19.5 Å². The lowest BCUT2D eigenvalue weighted by atomic mass is 10.2. The predicted molar refractivity (Wildman–Crippen MR) is 89.6 cm³/mol. The molecule has 0 aliphatic carbocycles. The van der Waals surface area contributed by atoms with Gasteiger partial charge in [0.15, 0.2) is 6.61 Å². The summed E-state index contributed by atoms with van der Waals surface area (Å²) in [6.45, 7) is 1.10. The lowest BCUT2D eigenvalue weighted by Gasteiger charge is -2.11. The van der Waals surface area contributed by atoms with E-state index in [0.29, 0.717) is 17.1 Å². The lowest BCUT2D eigenvalue weighted by molar-refractivity contribution is -0.119. The average molecular weight is 347 g/mol. The SMILES string of the molecule is COc1ccc(OC)c(C(=O)OCC(=O)Nc2ccc(C)c(F)c2)c1. The highest BCUT2D eigenvalue weighted by molar-refractivity contribution is 5.97. The Morgan fingerprint density at radius 1 is 1.08 bits per heavy atom. The molecule has 7 heteroatoms. The fraction of sp³-hybridized carbons (Fsp3) is 0.222. The van der Waals surface area contributed by atoms with E-state index < -0.39 is 24.3 Å². The van der Waals surface area contributed by atoms with Crippen LogP contribution in [0.4, 0.5) is 10.1 Å². The van der Waals surface area contributed by atoms with Crippen LogP contribution in [0.2, 0.25) is 0 Å². The number of methoxy groups -OCH3 is 2. The summed E-state index contributed by atoms with van der Waals surface area (Å²) < 4.78 is 28.6. The molecule has 2 aromatic carbocycles. The molecule has 0 bridgehead atoms. The average Bonchev–Trinajstić information content (AvgIpc) is 2.62. The van der Waals surface area contributed by atoms with Gasteiger partial charge in [0.05, 0.1) is 14.2 Å². The normalized spacial score (nSPS) is 10.1. The van der Waals surface area contributed by atoms with Crippen molar-refractivity contribution in [2.75, 3.05) is 26.1 Å². The van der Waals surface area contributed by atoms with Gasteiger partial charge in [0.2, 0.25) is 0 Å². The van der Waals surface area contributed by atoms with Crippen molar-refractivity contribution in [1.29, 1.82) is 0 Å². The van der Waals surface area contributed by atoms with E-state index in [1.807, 2.05) is 0 Å². The van der Waals surface area contributed by atoms with Gasteiger partial charge in [0.1, 0.15) is 22.9 Å². The second-order valence-electron chi connectivity index (χ2n) is 5.15. The Labute approximate surface area is 144 Å². The Morgan fingerprint density at radius 3 is 2.48 bits per heavy atom. The molecule has 2 rings (SSSR count). The minimum atomic E-state index is -0.735. The van der Waals surface area contributed by atoms with Crippen molar-refractivity contribution >= 4 is 17.6 Å². The summed E-state index contributed by atoms with van der Waals surface area (Å²) in [5.41, 5.74) is 0.883. The summed E-state index contributed by atoms with van der Waals surface area (Å²) in [7, 11) is 2.88. The van der Waals surface area contributed by atoms with Gasteiger partial charge >= 0.3 is 5.97 Å². The number of amides is 1. The van der Waals surface area contributed by atoms with Crippen LogP contribution in [0, 0.1) is 12.7 Å². The summed E-state index contributed by atoms with van der Waals surface area (Å²) in [5, 5.41) is 2.46. The van der Waals surface area contributed by atoms with E-state index in [1.165, 1.54) is 32.4 Å². The van der Waals surface area contributed by atoms with Gasteiger partial charge in [-0.3, -0.25) is 4.79 Å². The van der Waals surface area contributed by atoms with Crippen molar-refractivity contribution in [2.45, 2.75) is 6.92 Å². The molecular formula is C18H18FNO5. The zero-order chi connectivity index (χ0) is 18.4. The van der Waals surface area contributed by atoms with Gasteiger partial charge in [-0.2, -0.15) is 0 Å². The second-order valence-corrected chi connectivity index (χ2v) is 5.15. The number of halogens is 1. The molecule has 0 saturated heterocycles. The second kappa shape index (κ2) is 8.14. The smallest absolute Gasteiger partial charge is 0.342 e. The van der Waals surface area contributed by atoms with Gasteiger partial charge in [-0.1, -0.05) is 6.07 Å². The third-order valence-corrected chi connectivity index (χ3v) is 3.42. The molecule has 132 valence electrons. The van der Waals surface area contributed by atoms with Crippen molar-refractivity contribution in [3.05, 3.63) is 53.3 Å². The minimum Gasteiger partial charge on any atom is -0.497 e. The van der Waals surface area contributed by atoms with Crippen molar-refractivity contribution in [3.63, 3.8) is 0 Å². The molecule has 25 heavy (non-hydrogen) atoms. The molecule has 0 aliphatic rings. The molecule has 1 N–H and O–H groups in total. The van der Waals surface area contributed by atoms with Crippen LogP contribution in [-0.2, 0) is 9.53 Å². The van der Waals surface area contributed by atoms with Crippen LogP contribution in [0.3, 0.4) is 0 Å². The highest BCUT2D eigenvalue weighted by Gasteiger charge is 2.16. The van der Waals surface area contributed by atoms with Gasteiger partial charge in [0.25, 0.3) is 5.91 Å². The summed E-state index contributed by atoms with van der Waals surface area (Å²) in [4.78, 5) is 24.0. The number of rotatable bonds is 6. The maximum absolute atomic E-state index is 13.5. The van der Waals surface area contributed by atoms with Crippen LogP contribution in [0.5, 0.6) is 11.5 Å². The largest absolute Gasteiger partial charge is 0.497 e. The minimum absolute atomic E-state index is 0.135. The maximum atomic E-state index is 13.5. The number of carbonyl (C=O) groups excluding carboxylic acids is 2. The number of carbonyl (C=O) groups is 2. The molecule has 0 aliphatic heterocycles. The van der Waals surface area contributed by atoms with E-state index >= 15 is 0 Å². The summed E-state index contributed by atoms with van der Waals surface area (Å²) >= 11 is 0. The quantitative estimate of drug-likeness (QED) is 0.813. The molecular weight excluding hydrogens is 329 g/mol. The Kier molecular flexibility index (Phi) is 5.94. The first kappa shape index (κ1) is 18.3. The monoisotopic (exact) mass is 347 g/mol. The van der Waals surface area contributed by atoms with Crippen LogP contribution in [0.25, 0.3) is 0 Å². The molecule has 0 aromatic heterocycles. The fourth-order valence-electron chi connectivity index (χ4n) is 2.05. The molecule has 0 heterocycles. The van der Waals surface area contributed by atoms with Gasteiger partial charge in [-0.15, -0.1) is 0 Å². The highest BCUT2D eigenvalue weighted by atomic mass is 19.1. The van der Waals surface area contributed by atoms with Crippen molar-refractivity contribution in [3.8, 4) is 11.5 Å². The standard InChI is InChI=1S/C18H18FNO5/c1-11-4-5-12(8-15(11)19)20-17(21)10-25-18(22)14-9-13(23-2)6-7-16(14)24-3/h4-9H,10H2,1-3H3,(H,20,21). The number of aryl methyl sites for hydroxylation is 1. The highest BCUT2D eigenvalue weighted by Crippen LogP contribution is 2.24. The topological polar surface area (TPSA) is 73.9 Å². The molecule has 2 aromatic rings. The van der Waals surface area contributed by atoms with E-state index in [9.17, 15) is 14.0 Å². The molecule has 0 radical (unpaired) electrons. The molecule has 0 saturated carbocycles. The first-order valence-corrected chi connectivity index (χ1v) is 7.39. The Bertz CT molecular complexity index is 791. The molecule has 0 atom stereocenters. The van der Waals surface area contributed by atoms with Crippen LogP contribution in [0.15, 0.2) is 36.4 Å². The molecule has 0 unspecified atom stereocenters. The first-order chi connectivity index (χ1) is 11.9. The molecule has 6 nitrogen and oxygen atoms in total. The number of anilines is 1. The Balaban J connectivity index is 1.99. The summed E-state index contributed by atoms with van der Waals surface area (Å²) in [5.74, 6) is -1.01. The molecule has 0 fully saturated rings. The van der Waals surface area contributed by atoms with Gasteiger partial charge in [-0.05, 0) is 42.8 Å². The summed E-state index contributed by atoms with van der Waals surface area (Å²) in [6.07, 6.45) is 0. The van der Waals surface area contributed by atoms with E-state index in [1.54, 1.807) is 25.1 Å². The predicted octanol–water partition coefficient (Wildman–Crippen LogP) is 2.95. The van der Waals surface area contributed by atoms with Crippen LogP contribution >= 0.6 is 0 Å². The third-order valence-electron chi connectivity index (χ3n) is 3.42. The molecule has 0 spiro atoms. The number of ether oxygens (including phenoxy) is 3. The number of benzene rings is 2. The Hall–Kier alpha value is -3.09. The Morgan fingerprint density at radius 2 is 1.84 bits per heavy atom. The zero-order valence-electron chi connectivity index (χ0n) is 14.1. The van der Waals surface area contributed by atoms with Crippen LogP contribution in [0.1, 0.15) is 15.9 Å². The summed E-state index contributed by atoms with van der Waals surface area (Å²) in [6, 6.07) is 8.94. The van der Waals surface area contributed by atoms with E-state index in [2.05, 4.69) is 5.32 Å². The zero-order valence-corrected chi connectivity index (χ0v) is 14.1. The fourth-order valence-corrected chi connectivity index (χ4v) is 2.05. The lowest BCUT2D eigenvalue weighted by Crippen LogP contribution is -2.21. The molecule has 1 amide bonds. The van der Waals surface area contributed by atoms with Crippen molar-refractivity contribution in [1.82, 2.24) is 0 Å². The van der Waals surface area contributed by atoms with Crippen molar-refractivity contribution in [2.24, 2.45) is 0 Å². The third kappa shape index (κ3) is 4.69. The number of hydrogen-bond acceptors (Lipinski definition) is 5. The number of hydrogen-bond donors (Lipinski definition) is 1. The number of esters is 1. The van der Waals surface area contributed by atoms with Crippen molar-refractivity contribution < 1.29 is 28.2 Å². The van der Waals surface area contributed by atoms with Gasteiger partial charge in [0, 0.05) is 5.69 Å². The van der Waals surface area contributed by atoms with Crippen LogP contribution in [-0.4, -0.2) is 32.7 Å².